The molecule has 3 nitrogen and oxygen atoms in total. The largest absolute Gasteiger partial charge is 0.303 e. The molecule has 0 aliphatic rings. The van der Waals surface area contributed by atoms with Crippen LogP contribution in [0.3, 0.4) is 0 Å². The van der Waals surface area contributed by atoms with Crippen molar-refractivity contribution in [3.05, 3.63) is 20.7 Å². The Morgan fingerprint density at radius 2 is 2.46 bits per heavy atom. The number of H-pyrrole nitrogens is 1. The summed E-state index contributed by atoms with van der Waals surface area (Å²) < 4.78 is 3.56. The number of hydrogen-bond donors (Lipinski definition) is 1. The average Bonchev–Trinajstić information content (AvgIpc) is 2.62. The monoisotopic (exact) mass is 275 g/mol. The van der Waals surface area contributed by atoms with Gasteiger partial charge in [-0.3, -0.25) is 5.10 Å². The standard InChI is InChI=1S/C7H6BrN3S2/c1-11-6(9-10-7(11)12)5-2-4(8)3-13-5/h2-3H,1H3,(H,10,12). The first-order valence-electron chi connectivity index (χ1n) is 3.54. The second kappa shape index (κ2) is 3.36. The third-order valence-corrected chi connectivity index (χ3v) is 3.72. The molecule has 1 N–H and O–H groups in total. The Morgan fingerprint density at radius 1 is 1.69 bits per heavy atom. The molecular weight excluding hydrogens is 270 g/mol. The summed E-state index contributed by atoms with van der Waals surface area (Å²) in [4.78, 5) is 1.10. The van der Waals surface area contributed by atoms with Gasteiger partial charge in [0.2, 0.25) is 0 Å². The minimum atomic E-state index is 0.638. The number of rotatable bonds is 1. The van der Waals surface area contributed by atoms with Crippen LogP contribution >= 0.6 is 39.5 Å². The Labute approximate surface area is 92.5 Å². The fourth-order valence-electron chi connectivity index (χ4n) is 0.998. The lowest BCUT2D eigenvalue weighted by atomic mass is 10.4. The fourth-order valence-corrected chi connectivity index (χ4v) is 2.58. The number of aromatic nitrogens is 3. The van der Waals surface area contributed by atoms with E-state index in [-0.39, 0.29) is 0 Å². The Hall–Kier alpha value is -0.460. The van der Waals surface area contributed by atoms with Crippen LogP contribution in [0.5, 0.6) is 0 Å². The molecule has 0 aliphatic heterocycles. The fraction of sp³-hybridized carbons (Fsp3) is 0.143. The summed E-state index contributed by atoms with van der Waals surface area (Å²) in [5.41, 5.74) is 0. The molecule has 2 aromatic heterocycles. The van der Waals surface area contributed by atoms with Gasteiger partial charge >= 0.3 is 0 Å². The van der Waals surface area contributed by atoms with Gasteiger partial charge < -0.3 is 4.57 Å². The van der Waals surface area contributed by atoms with E-state index in [4.69, 9.17) is 12.2 Å². The molecule has 0 radical (unpaired) electrons. The maximum Gasteiger partial charge on any atom is 0.195 e. The normalized spacial score (nSPS) is 10.6. The molecule has 2 heterocycles. The van der Waals surface area contributed by atoms with Crippen molar-refractivity contribution in [3.8, 4) is 10.7 Å². The number of nitrogens with one attached hydrogen (secondary N) is 1. The van der Waals surface area contributed by atoms with Crippen LogP contribution in [0.2, 0.25) is 0 Å². The molecule has 0 bridgehead atoms. The van der Waals surface area contributed by atoms with Crippen LogP contribution in [0, 0.1) is 4.77 Å². The molecule has 0 amide bonds. The van der Waals surface area contributed by atoms with E-state index in [1.54, 1.807) is 11.3 Å². The number of nitrogens with zero attached hydrogens (tertiary/aromatic N) is 2. The molecule has 0 aromatic carbocycles. The van der Waals surface area contributed by atoms with Crippen molar-refractivity contribution in [2.75, 3.05) is 0 Å². The Kier molecular flexibility index (Phi) is 2.35. The van der Waals surface area contributed by atoms with E-state index in [0.717, 1.165) is 15.2 Å². The van der Waals surface area contributed by atoms with E-state index in [1.807, 2.05) is 23.1 Å². The van der Waals surface area contributed by atoms with Gasteiger partial charge in [-0.25, -0.2) is 0 Å². The van der Waals surface area contributed by atoms with Crippen LogP contribution in [0.25, 0.3) is 10.7 Å². The van der Waals surface area contributed by atoms with Crippen molar-refractivity contribution in [1.82, 2.24) is 14.8 Å². The maximum absolute atomic E-state index is 5.02. The predicted octanol–water partition coefficient (Wildman–Crippen LogP) is 2.97. The van der Waals surface area contributed by atoms with Crippen molar-refractivity contribution < 1.29 is 0 Å². The molecule has 6 heteroatoms. The summed E-state index contributed by atoms with van der Waals surface area (Å²) in [7, 11) is 1.90. The zero-order valence-corrected chi connectivity index (χ0v) is 9.96. The number of halogens is 1. The minimum absolute atomic E-state index is 0.638. The van der Waals surface area contributed by atoms with Crippen LogP contribution in [-0.2, 0) is 7.05 Å². The van der Waals surface area contributed by atoms with Crippen LogP contribution in [0.15, 0.2) is 15.9 Å². The molecule has 0 atom stereocenters. The lowest BCUT2D eigenvalue weighted by Gasteiger charge is -1.93. The quantitative estimate of drug-likeness (QED) is 0.812. The Morgan fingerprint density at radius 3 is 2.92 bits per heavy atom. The van der Waals surface area contributed by atoms with Gasteiger partial charge in [-0.05, 0) is 34.2 Å². The molecule has 13 heavy (non-hydrogen) atoms. The van der Waals surface area contributed by atoms with E-state index in [1.165, 1.54) is 0 Å². The van der Waals surface area contributed by atoms with Crippen molar-refractivity contribution in [2.24, 2.45) is 7.05 Å². The first-order valence-corrected chi connectivity index (χ1v) is 5.62. The Balaban J connectivity index is 2.58. The number of thiophene rings is 1. The van der Waals surface area contributed by atoms with Gasteiger partial charge in [0.15, 0.2) is 10.6 Å². The third kappa shape index (κ3) is 1.61. The summed E-state index contributed by atoms with van der Waals surface area (Å²) in [5, 5.41) is 8.91. The molecule has 2 rings (SSSR count). The molecular formula is C7H6BrN3S2. The van der Waals surface area contributed by atoms with Gasteiger partial charge in [-0.2, -0.15) is 5.10 Å². The first-order chi connectivity index (χ1) is 6.18. The second-order valence-electron chi connectivity index (χ2n) is 2.54. The lowest BCUT2D eigenvalue weighted by molar-refractivity contribution is 0.904. The highest BCUT2D eigenvalue weighted by molar-refractivity contribution is 9.10. The van der Waals surface area contributed by atoms with E-state index in [0.29, 0.717) is 4.77 Å². The smallest absolute Gasteiger partial charge is 0.195 e. The van der Waals surface area contributed by atoms with Crippen molar-refractivity contribution in [1.29, 1.82) is 0 Å². The van der Waals surface area contributed by atoms with Crippen molar-refractivity contribution in [2.45, 2.75) is 0 Å². The van der Waals surface area contributed by atoms with Crippen LogP contribution in [0.4, 0.5) is 0 Å². The zero-order chi connectivity index (χ0) is 9.42. The molecule has 2 aromatic rings. The second-order valence-corrected chi connectivity index (χ2v) is 4.75. The number of hydrogen-bond acceptors (Lipinski definition) is 3. The van der Waals surface area contributed by atoms with E-state index < -0.39 is 0 Å². The van der Waals surface area contributed by atoms with Crippen LogP contribution in [-0.4, -0.2) is 14.8 Å². The van der Waals surface area contributed by atoms with Crippen molar-refractivity contribution >= 4 is 39.5 Å². The molecule has 0 unspecified atom stereocenters. The molecule has 0 saturated carbocycles. The highest BCUT2D eigenvalue weighted by Crippen LogP contribution is 2.27. The van der Waals surface area contributed by atoms with E-state index in [2.05, 4.69) is 26.1 Å². The maximum atomic E-state index is 5.02. The summed E-state index contributed by atoms with van der Waals surface area (Å²) in [5.74, 6) is 0.876. The number of aromatic amines is 1. The van der Waals surface area contributed by atoms with Gasteiger partial charge in [0.1, 0.15) is 0 Å². The topological polar surface area (TPSA) is 33.6 Å². The molecule has 0 aliphatic carbocycles. The SMILES string of the molecule is Cn1c(-c2cc(Br)cs2)n[nH]c1=S. The predicted molar refractivity (Wildman–Crippen MR) is 59.4 cm³/mol. The summed E-state index contributed by atoms with van der Waals surface area (Å²) in [6.07, 6.45) is 0. The average molecular weight is 276 g/mol. The van der Waals surface area contributed by atoms with Crippen LogP contribution in [0.1, 0.15) is 0 Å². The summed E-state index contributed by atoms with van der Waals surface area (Å²) >= 11 is 10.1. The van der Waals surface area contributed by atoms with Gasteiger partial charge in [0, 0.05) is 16.9 Å². The van der Waals surface area contributed by atoms with Gasteiger partial charge in [-0.15, -0.1) is 11.3 Å². The van der Waals surface area contributed by atoms with Crippen LogP contribution < -0.4 is 0 Å². The van der Waals surface area contributed by atoms with Crippen molar-refractivity contribution in [3.63, 3.8) is 0 Å². The molecule has 0 spiro atoms. The lowest BCUT2D eigenvalue weighted by Crippen LogP contribution is -1.89. The highest BCUT2D eigenvalue weighted by atomic mass is 79.9. The minimum Gasteiger partial charge on any atom is -0.303 e. The van der Waals surface area contributed by atoms with Gasteiger partial charge in [0.05, 0.1) is 4.88 Å². The summed E-state index contributed by atoms with van der Waals surface area (Å²) in [6.45, 7) is 0. The first kappa shape index (κ1) is 9.11. The molecule has 0 saturated heterocycles. The highest BCUT2D eigenvalue weighted by Gasteiger charge is 2.07. The summed E-state index contributed by atoms with van der Waals surface area (Å²) in [6, 6.07) is 2.02. The molecule has 68 valence electrons. The zero-order valence-electron chi connectivity index (χ0n) is 6.74. The van der Waals surface area contributed by atoms with Gasteiger partial charge in [-0.1, -0.05) is 0 Å². The molecule has 0 fully saturated rings. The third-order valence-electron chi connectivity index (χ3n) is 1.67. The van der Waals surface area contributed by atoms with E-state index >= 15 is 0 Å². The van der Waals surface area contributed by atoms with Gasteiger partial charge in [0.25, 0.3) is 0 Å². The van der Waals surface area contributed by atoms with E-state index in [9.17, 15) is 0 Å². The Bertz CT molecular complexity index is 482.